The van der Waals surface area contributed by atoms with Crippen molar-refractivity contribution >= 4 is 23.2 Å². The molecule has 0 saturated carbocycles. The minimum absolute atomic E-state index is 0.112. The van der Waals surface area contributed by atoms with Crippen molar-refractivity contribution < 1.29 is 19.1 Å². The van der Waals surface area contributed by atoms with Gasteiger partial charge >= 0.3 is 0 Å². The maximum atomic E-state index is 12.4. The van der Waals surface area contributed by atoms with E-state index < -0.39 is 0 Å². The predicted molar refractivity (Wildman–Crippen MR) is 153 cm³/mol. The molecule has 0 aliphatic carbocycles. The Morgan fingerprint density at radius 1 is 0.595 bits per heavy atom. The number of ether oxygens (including phenoxy) is 2. The van der Waals surface area contributed by atoms with Crippen LogP contribution in [-0.4, -0.2) is 25.0 Å². The summed E-state index contributed by atoms with van der Waals surface area (Å²) in [7, 11) is 0. The van der Waals surface area contributed by atoms with Gasteiger partial charge in [0.15, 0.2) is 0 Å². The van der Waals surface area contributed by atoms with Crippen LogP contribution in [0.2, 0.25) is 0 Å². The van der Waals surface area contributed by atoms with Gasteiger partial charge in [0.1, 0.15) is 11.5 Å². The van der Waals surface area contributed by atoms with Crippen LogP contribution in [0.25, 0.3) is 0 Å². The molecule has 0 aliphatic heterocycles. The molecule has 0 aliphatic rings. The SMILES string of the molecule is CCCCCCCOc1cccc(NC(=O)CCCC(=O)Nc2cccc(OCCCCCCC)c2)c1. The summed E-state index contributed by atoms with van der Waals surface area (Å²) in [6.45, 7) is 5.78. The maximum Gasteiger partial charge on any atom is 0.224 e. The smallest absolute Gasteiger partial charge is 0.224 e. The molecule has 0 heterocycles. The molecule has 0 saturated heterocycles. The molecule has 2 aromatic carbocycles. The van der Waals surface area contributed by atoms with E-state index in [1.807, 2.05) is 48.5 Å². The van der Waals surface area contributed by atoms with Gasteiger partial charge in [-0.1, -0.05) is 77.3 Å². The van der Waals surface area contributed by atoms with E-state index in [1.54, 1.807) is 0 Å². The first-order chi connectivity index (χ1) is 18.1. The normalized spacial score (nSPS) is 10.6. The van der Waals surface area contributed by atoms with Gasteiger partial charge in [-0.15, -0.1) is 0 Å². The fourth-order valence-corrected chi connectivity index (χ4v) is 3.98. The number of anilines is 2. The van der Waals surface area contributed by atoms with E-state index >= 15 is 0 Å². The highest BCUT2D eigenvalue weighted by Crippen LogP contribution is 2.20. The van der Waals surface area contributed by atoms with Gasteiger partial charge in [-0.05, 0) is 43.5 Å². The van der Waals surface area contributed by atoms with E-state index in [0.29, 0.717) is 31.0 Å². The molecule has 0 bridgehead atoms. The second kappa shape index (κ2) is 19.1. The molecule has 2 rings (SSSR count). The lowest BCUT2D eigenvalue weighted by Crippen LogP contribution is -2.15. The van der Waals surface area contributed by atoms with Crippen molar-refractivity contribution in [2.45, 2.75) is 97.3 Å². The summed E-state index contributed by atoms with van der Waals surface area (Å²) in [6.07, 6.45) is 12.9. The monoisotopic (exact) mass is 510 g/mol. The third kappa shape index (κ3) is 14.3. The van der Waals surface area contributed by atoms with Crippen LogP contribution in [0.4, 0.5) is 11.4 Å². The van der Waals surface area contributed by atoms with Crippen molar-refractivity contribution in [2.75, 3.05) is 23.8 Å². The van der Waals surface area contributed by atoms with Gasteiger partial charge < -0.3 is 20.1 Å². The molecule has 204 valence electrons. The lowest BCUT2D eigenvalue weighted by Gasteiger charge is -2.10. The number of hydrogen-bond donors (Lipinski definition) is 2. The summed E-state index contributed by atoms with van der Waals surface area (Å²) < 4.78 is 11.6. The van der Waals surface area contributed by atoms with E-state index in [-0.39, 0.29) is 24.7 Å². The molecule has 37 heavy (non-hydrogen) atoms. The van der Waals surface area contributed by atoms with Crippen LogP contribution < -0.4 is 20.1 Å². The first kappa shape index (κ1) is 30.2. The molecule has 0 atom stereocenters. The van der Waals surface area contributed by atoms with Gasteiger partial charge in [-0.2, -0.15) is 0 Å². The Hall–Kier alpha value is -3.02. The molecule has 0 spiro atoms. The summed E-state index contributed by atoms with van der Waals surface area (Å²) in [4.78, 5) is 24.7. The van der Waals surface area contributed by atoms with Gasteiger partial charge in [-0.25, -0.2) is 0 Å². The number of nitrogens with one attached hydrogen (secondary N) is 2. The van der Waals surface area contributed by atoms with Gasteiger partial charge in [0.05, 0.1) is 13.2 Å². The molecular weight excluding hydrogens is 464 g/mol. The number of benzene rings is 2. The summed E-state index contributed by atoms with van der Waals surface area (Å²) in [5.41, 5.74) is 1.42. The fourth-order valence-electron chi connectivity index (χ4n) is 3.98. The highest BCUT2D eigenvalue weighted by molar-refractivity contribution is 5.93. The lowest BCUT2D eigenvalue weighted by atomic mass is 10.2. The Morgan fingerprint density at radius 2 is 1.03 bits per heavy atom. The number of amides is 2. The summed E-state index contributed by atoms with van der Waals surface area (Å²) >= 11 is 0. The number of rotatable bonds is 20. The van der Waals surface area contributed by atoms with Crippen LogP contribution in [0.5, 0.6) is 11.5 Å². The second-order valence-electron chi connectivity index (χ2n) is 9.53. The van der Waals surface area contributed by atoms with Crippen LogP contribution in [-0.2, 0) is 9.59 Å². The van der Waals surface area contributed by atoms with Crippen LogP contribution in [0, 0.1) is 0 Å². The Bertz CT molecular complexity index is 842. The number of carbonyl (C=O) groups excluding carboxylic acids is 2. The van der Waals surface area contributed by atoms with Crippen molar-refractivity contribution in [3.63, 3.8) is 0 Å². The quantitative estimate of drug-likeness (QED) is 0.176. The summed E-state index contributed by atoms with van der Waals surface area (Å²) in [6, 6.07) is 14.9. The number of carbonyl (C=O) groups is 2. The lowest BCUT2D eigenvalue weighted by molar-refractivity contribution is -0.117. The maximum absolute atomic E-state index is 12.4. The van der Waals surface area contributed by atoms with E-state index in [4.69, 9.17) is 9.47 Å². The van der Waals surface area contributed by atoms with Crippen molar-refractivity contribution in [1.29, 1.82) is 0 Å². The summed E-state index contributed by atoms with van der Waals surface area (Å²) in [5, 5.41) is 5.80. The number of unbranched alkanes of at least 4 members (excludes halogenated alkanes) is 8. The van der Waals surface area contributed by atoms with Gasteiger partial charge in [0, 0.05) is 36.3 Å². The van der Waals surface area contributed by atoms with Crippen LogP contribution in [0.3, 0.4) is 0 Å². The predicted octanol–water partition coefficient (Wildman–Crippen LogP) is 8.13. The highest BCUT2D eigenvalue weighted by atomic mass is 16.5. The first-order valence-corrected chi connectivity index (χ1v) is 14.2. The zero-order valence-corrected chi connectivity index (χ0v) is 22.9. The van der Waals surface area contributed by atoms with E-state index in [0.717, 1.165) is 24.3 Å². The standard InChI is InChI=1S/C31H46N2O4/c1-3-5-7-9-11-22-36-28-18-13-16-26(24-28)32-30(34)20-15-21-31(35)33-27-17-14-19-29(25-27)37-23-12-10-8-6-4-2/h13-14,16-19,24-25H,3-12,15,20-23H2,1-2H3,(H,32,34)(H,33,35). The first-order valence-electron chi connectivity index (χ1n) is 14.2. The summed E-state index contributed by atoms with van der Waals surface area (Å²) in [5.74, 6) is 1.29. The Balaban J connectivity index is 1.63. The fraction of sp³-hybridized carbons (Fsp3) is 0.548. The number of hydrogen-bond acceptors (Lipinski definition) is 4. The van der Waals surface area contributed by atoms with Gasteiger partial charge in [-0.3, -0.25) is 9.59 Å². The molecule has 2 N–H and O–H groups in total. The molecule has 0 fully saturated rings. The van der Waals surface area contributed by atoms with Crippen LogP contribution in [0.15, 0.2) is 48.5 Å². The van der Waals surface area contributed by atoms with E-state index in [9.17, 15) is 9.59 Å². The zero-order valence-electron chi connectivity index (χ0n) is 22.9. The molecule has 6 nitrogen and oxygen atoms in total. The van der Waals surface area contributed by atoms with Gasteiger partial charge in [0.25, 0.3) is 0 Å². The molecule has 0 unspecified atom stereocenters. The average molecular weight is 511 g/mol. The second-order valence-corrected chi connectivity index (χ2v) is 9.53. The Kier molecular flexibility index (Phi) is 15.6. The molecule has 0 aromatic heterocycles. The zero-order chi connectivity index (χ0) is 26.6. The van der Waals surface area contributed by atoms with Crippen molar-refractivity contribution in [3.8, 4) is 11.5 Å². The Morgan fingerprint density at radius 3 is 1.46 bits per heavy atom. The third-order valence-electron chi connectivity index (χ3n) is 6.08. The topological polar surface area (TPSA) is 76.7 Å². The van der Waals surface area contributed by atoms with Crippen molar-refractivity contribution in [3.05, 3.63) is 48.5 Å². The van der Waals surface area contributed by atoms with Crippen molar-refractivity contribution in [2.24, 2.45) is 0 Å². The Labute approximate surface area is 223 Å². The van der Waals surface area contributed by atoms with Crippen LogP contribution >= 0.6 is 0 Å². The third-order valence-corrected chi connectivity index (χ3v) is 6.08. The average Bonchev–Trinajstić information content (AvgIpc) is 2.88. The largest absolute Gasteiger partial charge is 0.494 e. The highest BCUT2D eigenvalue weighted by Gasteiger charge is 2.08. The van der Waals surface area contributed by atoms with Crippen LogP contribution in [0.1, 0.15) is 97.3 Å². The molecule has 2 aromatic rings. The molecular formula is C31H46N2O4. The minimum atomic E-state index is -0.112. The van der Waals surface area contributed by atoms with E-state index in [1.165, 1.54) is 51.4 Å². The van der Waals surface area contributed by atoms with Crippen molar-refractivity contribution in [1.82, 2.24) is 0 Å². The van der Waals surface area contributed by atoms with E-state index in [2.05, 4.69) is 24.5 Å². The molecule has 6 heteroatoms. The van der Waals surface area contributed by atoms with Gasteiger partial charge in [0.2, 0.25) is 11.8 Å². The minimum Gasteiger partial charge on any atom is -0.494 e. The molecule has 0 radical (unpaired) electrons. The molecule has 2 amide bonds.